The van der Waals surface area contributed by atoms with E-state index in [1.165, 1.54) is 0 Å². The van der Waals surface area contributed by atoms with Gasteiger partial charge in [0, 0.05) is 38.3 Å². The van der Waals surface area contributed by atoms with Crippen LogP contribution in [0.25, 0.3) is 0 Å². The lowest BCUT2D eigenvalue weighted by atomic mass is 10.1. The minimum Gasteiger partial charge on any atom is -0.328 e. The van der Waals surface area contributed by atoms with Crippen LogP contribution in [-0.4, -0.2) is 54.1 Å². The van der Waals surface area contributed by atoms with E-state index >= 15 is 0 Å². The smallest absolute Gasteiger partial charge is 0.320 e. The summed E-state index contributed by atoms with van der Waals surface area (Å²) >= 11 is 0. The van der Waals surface area contributed by atoms with Crippen molar-refractivity contribution in [2.24, 2.45) is 11.5 Å². The van der Waals surface area contributed by atoms with E-state index in [0.717, 1.165) is 51.9 Å². The van der Waals surface area contributed by atoms with Crippen LogP contribution >= 0.6 is 49.6 Å². The van der Waals surface area contributed by atoms with Crippen LogP contribution in [0.4, 0.5) is 4.79 Å². The van der Waals surface area contributed by atoms with Crippen LogP contribution in [0.5, 0.6) is 0 Å². The lowest BCUT2D eigenvalue weighted by molar-refractivity contribution is 0.129. The van der Waals surface area contributed by atoms with Crippen molar-refractivity contribution in [2.75, 3.05) is 26.2 Å². The van der Waals surface area contributed by atoms with Gasteiger partial charge in [-0.3, -0.25) is 0 Å². The van der Waals surface area contributed by atoms with Gasteiger partial charge in [0.15, 0.2) is 0 Å². The number of nitrogens with zero attached hydrogens (tertiary/aromatic N) is 2. The second kappa shape index (κ2) is 12.0. The third-order valence-electron chi connectivity index (χ3n) is 3.62. The zero-order chi connectivity index (χ0) is 11.5. The molecule has 0 radical (unpaired) electrons. The van der Waals surface area contributed by atoms with Crippen molar-refractivity contribution in [1.82, 2.24) is 9.80 Å². The van der Waals surface area contributed by atoms with Gasteiger partial charge < -0.3 is 21.3 Å². The Morgan fingerprint density at radius 1 is 0.700 bits per heavy atom. The second-order valence-electron chi connectivity index (χ2n) is 4.93. The molecule has 0 aromatic rings. The van der Waals surface area contributed by atoms with Gasteiger partial charge in [0.05, 0.1) is 0 Å². The molecule has 2 amide bonds. The number of halogens is 4. The quantitative estimate of drug-likeness (QED) is 0.679. The molecule has 0 atom stereocenters. The standard InChI is InChI=1S/C11H22N4O.4ClH/c12-9-1-5-14(6-2-9)11(16)15-7-3-10(13)4-8-15;;;;/h9-10H,1-8,12-13H2;4*1H. The first-order valence-corrected chi connectivity index (χ1v) is 6.22. The van der Waals surface area contributed by atoms with Gasteiger partial charge in [0.1, 0.15) is 0 Å². The van der Waals surface area contributed by atoms with Gasteiger partial charge in [-0.15, -0.1) is 49.6 Å². The summed E-state index contributed by atoms with van der Waals surface area (Å²) in [6.45, 7) is 3.23. The number of amides is 2. The number of hydrogen-bond donors (Lipinski definition) is 2. The summed E-state index contributed by atoms with van der Waals surface area (Å²) in [4.78, 5) is 16.0. The van der Waals surface area contributed by atoms with E-state index in [-0.39, 0.29) is 67.7 Å². The summed E-state index contributed by atoms with van der Waals surface area (Å²) in [6.07, 6.45) is 3.72. The van der Waals surface area contributed by atoms with Crippen molar-refractivity contribution >= 4 is 55.7 Å². The van der Waals surface area contributed by atoms with E-state index in [1.54, 1.807) is 0 Å². The predicted octanol–water partition coefficient (Wildman–Crippen LogP) is 1.64. The Hall–Kier alpha value is 0.350. The average Bonchev–Trinajstić information content (AvgIpc) is 2.30. The third kappa shape index (κ3) is 6.87. The molecular formula is C11H26Cl4N4O. The summed E-state index contributed by atoms with van der Waals surface area (Å²) in [5.74, 6) is 0. The lowest BCUT2D eigenvalue weighted by Crippen LogP contribution is -2.52. The molecular weight excluding hydrogens is 346 g/mol. The Labute approximate surface area is 145 Å². The molecule has 2 rings (SSSR count). The van der Waals surface area contributed by atoms with Crippen LogP contribution in [-0.2, 0) is 0 Å². The molecule has 4 N–H and O–H groups in total. The predicted molar refractivity (Wildman–Crippen MR) is 92.0 cm³/mol. The van der Waals surface area contributed by atoms with Crippen LogP contribution in [0, 0.1) is 0 Å². The minimum atomic E-state index is 0. The SMILES string of the molecule is Cl.Cl.Cl.Cl.NC1CCN(C(=O)N2CCC(N)CC2)CC1. The van der Waals surface area contributed by atoms with E-state index in [4.69, 9.17) is 11.5 Å². The number of hydrogen-bond acceptors (Lipinski definition) is 3. The van der Waals surface area contributed by atoms with Crippen LogP contribution in [0.1, 0.15) is 25.7 Å². The Morgan fingerprint density at radius 2 is 0.950 bits per heavy atom. The molecule has 9 heteroatoms. The van der Waals surface area contributed by atoms with Crippen LogP contribution < -0.4 is 11.5 Å². The van der Waals surface area contributed by atoms with Gasteiger partial charge in [-0.1, -0.05) is 0 Å². The first kappa shape index (κ1) is 25.3. The molecule has 2 saturated heterocycles. The van der Waals surface area contributed by atoms with Crippen molar-refractivity contribution in [3.63, 3.8) is 0 Å². The van der Waals surface area contributed by atoms with E-state index in [0.29, 0.717) is 0 Å². The monoisotopic (exact) mass is 370 g/mol. The first-order chi connectivity index (χ1) is 7.66. The fourth-order valence-electron chi connectivity index (χ4n) is 2.38. The van der Waals surface area contributed by atoms with E-state index < -0.39 is 0 Å². The molecule has 124 valence electrons. The zero-order valence-electron chi connectivity index (χ0n) is 11.4. The Balaban J connectivity index is -0.000000722. The molecule has 0 unspecified atom stereocenters. The highest BCUT2D eigenvalue weighted by Crippen LogP contribution is 2.14. The lowest BCUT2D eigenvalue weighted by Gasteiger charge is -2.37. The fourth-order valence-corrected chi connectivity index (χ4v) is 2.38. The number of carbonyl (C=O) groups excluding carboxylic acids is 1. The molecule has 2 heterocycles. The van der Waals surface area contributed by atoms with Gasteiger partial charge in [0.25, 0.3) is 0 Å². The molecule has 0 spiro atoms. The van der Waals surface area contributed by atoms with Crippen LogP contribution in [0.3, 0.4) is 0 Å². The van der Waals surface area contributed by atoms with E-state index in [9.17, 15) is 4.79 Å². The van der Waals surface area contributed by atoms with Gasteiger partial charge in [-0.25, -0.2) is 4.79 Å². The second-order valence-corrected chi connectivity index (χ2v) is 4.93. The maximum atomic E-state index is 12.1. The van der Waals surface area contributed by atoms with Crippen molar-refractivity contribution in [3.05, 3.63) is 0 Å². The van der Waals surface area contributed by atoms with Crippen molar-refractivity contribution in [1.29, 1.82) is 0 Å². The molecule has 0 aromatic carbocycles. The van der Waals surface area contributed by atoms with Crippen LogP contribution in [0.2, 0.25) is 0 Å². The minimum absolute atomic E-state index is 0. The molecule has 0 bridgehead atoms. The first-order valence-electron chi connectivity index (χ1n) is 6.22. The Morgan fingerprint density at radius 3 is 1.20 bits per heavy atom. The Kier molecular flexibility index (Phi) is 15.1. The summed E-state index contributed by atoms with van der Waals surface area (Å²) < 4.78 is 0. The van der Waals surface area contributed by atoms with Gasteiger partial charge in [0.2, 0.25) is 0 Å². The highest BCUT2D eigenvalue weighted by molar-refractivity contribution is 5.86. The number of piperidine rings is 2. The number of likely N-dealkylation sites (tertiary alicyclic amines) is 2. The highest BCUT2D eigenvalue weighted by Gasteiger charge is 2.27. The third-order valence-corrected chi connectivity index (χ3v) is 3.62. The molecule has 2 fully saturated rings. The number of rotatable bonds is 0. The molecule has 0 aliphatic carbocycles. The maximum Gasteiger partial charge on any atom is 0.320 e. The Bertz CT molecular complexity index is 233. The van der Waals surface area contributed by atoms with Crippen molar-refractivity contribution in [2.45, 2.75) is 37.8 Å². The number of urea groups is 1. The summed E-state index contributed by atoms with van der Waals surface area (Å²) in [5.41, 5.74) is 11.7. The molecule has 20 heavy (non-hydrogen) atoms. The molecule has 5 nitrogen and oxygen atoms in total. The van der Waals surface area contributed by atoms with Crippen molar-refractivity contribution in [3.8, 4) is 0 Å². The normalized spacial score (nSPS) is 19.9. The number of nitrogens with two attached hydrogens (primary N) is 2. The average molecular weight is 372 g/mol. The highest BCUT2D eigenvalue weighted by atomic mass is 35.5. The summed E-state index contributed by atoms with van der Waals surface area (Å²) in [5, 5.41) is 0. The molecule has 0 aromatic heterocycles. The maximum absolute atomic E-state index is 12.1. The van der Waals surface area contributed by atoms with Gasteiger partial charge in [-0.2, -0.15) is 0 Å². The molecule has 2 aliphatic rings. The summed E-state index contributed by atoms with van der Waals surface area (Å²) in [6, 6.07) is 0.733. The number of carbonyl (C=O) groups is 1. The molecule has 2 aliphatic heterocycles. The van der Waals surface area contributed by atoms with Crippen LogP contribution in [0.15, 0.2) is 0 Å². The topological polar surface area (TPSA) is 75.6 Å². The fraction of sp³-hybridized carbons (Fsp3) is 0.909. The zero-order valence-corrected chi connectivity index (χ0v) is 14.7. The van der Waals surface area contributed by atoms with Crippen molar-refractivity contribution < 1.29 is 4.79 Å². The van der Waals surface area contributed by atoms with Gasteiger partial charge >= 0.3 is 6.03 Å². The summed E-state index contributed by atoms with van der Waals surface area (Å²) in [7, 11) is 0. The van der Waals surface area contributed by atoms with E-state index in [1.807, 2.05) is 9.80 Å². The largest absolute Gasteiger partial charge is 0.328 e. The van der Waals surface area contributed by atoms with E-state index in [2.05, 4.69) is 0 Å². The molecule has 0 saturated carbocycles. The van der Waals surface area contributed by atoms with Gasteiger partial charge in [-0.05, 0) is 25.7 Å².